The molecule has 2 amide bonds. The first-order valence-corrected chi connectivity index (χ1v) is 10.4. The average molecular weight is 405 g/mol. The maximum Gasteiger partial charge on any atom is 0.292 e. The highest BCUT2D eigenvalue weighted by molar-refractivity contribution is 6.21. The van der Waals surface area contributed by atoms with E-state index in [9.17, 15) is 9.59 Å². The van der Waals surface area contributed by atoms with Crippen LogP contribution < -0.4 is 14.5 Å². The Balaban J connectivity index is 1.28. The molecule has 154 valence electrons. The van der Waals surface area contributed by atoms with E-state index < -0.39 is 0 Å². The smallest absolute Gasteiger partial charge is 0.292 e. The second-order valence-electron chi connectivity index (χ2n) is 8.10. The van der Waals surface area contributed by atoms with Crippen molar-refractivity contribution in [3.63, 3.8) is 0 Å². The SMILES string of the molecule is COc1cccc(N2C(=O)C[C@@H]([NH+]3CCC(c4nc5ccccc5[nH]4)CC3)C2=O)c1. The normalized spacial score (nSPS) is 24.6. The molecule has 2 aliphatic rings. The average Bonchev–Trinajstić information content (AvgIpc) is 3.34. The lowest BCUT2D eigenvalue weighted by atomic mass is 9.95. The Kier molecular flexibility index (Phi) is 4.75. The number of nitrogens with zero attached hydrogens (tertiary/aromatic N) is 2. The van der Waals surface area contributed by atoms with Crippen molar-refractivity contribution in [3.05, 3.63) is 54.4 Å². The molecule has 0 unspecified atom stereocenters. The molecule has 1 atom stereocenters. The summed E-state index contributed by atoms with van der Waals surface area (Å²) in [7, 11) is 1.58. The zero-order valence-corrected chi connectivity index (χ0v) is 16.9. The van der Waals surface area contributed by atoms with Crippen LogP contribution in [-0.4, -0.2) is 48.0 Å². The van der Waals surface area contributed by atoms with Crippen molar-refractivity contribution in [1.29, 1.82) is 0 Å². The highest BCUT2D eigenvalue weighted by Crippen LogP contribution is 2.27. The summed E-state index contributed by atoms with van der Waals surface area (Å²) in [4.78, 5) is 36.5. The van der Waals surface area contributed by atoms with Gasteiger partial charge in [0.05, 0.1) is 43.3 Å². The van der Waals surface area contributed by atoms with Gasteiger partial charge in [-0.25, -0.2) is 9.88 Å². The number of likely N-dealkylation sites (tertiary alicyclic amines) is 1. The first kappa shape index (κ1) is 18.8. The van der Waals surface area contributed by atoms with Gasteiger partial charge in [-0.3, -0.25) is 9.59 Å². The fourth-order valence-corrected chi connectivity index (χ4v) is 4.75. The van der Waals surface area contributed by atoms with E-state index in [4.69, 9.17) is 9.72 Å². The molecule has 3 aromatic rings. The van der Waals surface area contributed by atoms with Crippen molar-refractivity contribution in [1.82, 2.24) is 9.97 Å². The van der Waals surface area contributed by atoms with Gasteiger partial charge in [0.15, 0.2) is 6.04 Å². The molecule has 7 nitrogen and oxygen atoms in total. The molecule has 30 heavy (non-hydrogen) atoms. The van der Waals surface area contributed by atoms with Crippen molar-refractivity contribution in [2.24, 2.45) is 0 Å². The number of fused-ring (bicyclic) bond motifs is 1. The summed E-state index contributed by atoms with van der Waals surface area (Å²) in [6.45, 7) is 1.72. The summed E-state index contributed by atoms with van der Waals surface area (Å²) in [5, 5.41) is 0. The van der Waals surface area contributed by atoms with Crippen LogP contribution in [0.15, 0.2) is 48.5 Å². The van der Waals surface area contributed by atoms with E-state index in [1.165, 1.54) is 9.80 Å². The van der Waals surface area contributed by atoms with Crippen LogP contribution in [0.3, 0.4) is 0 Å². The molecule has 0 radical (unpaired) electrons. The molecule has 7 heteroatoms. The largest absolute Gasteiger partial charge is 0.497 e. The van der Waals surface area contributed by atoms with E-state index >= 15 is 0 Å². The summed E-state index contributed by atoms with van der Waals surface area (Å²) < 4.78 is 5.24. The summed E-state index contributed by atoms with van der Waals surface area (Å²) in [5.74, 6) is 1.79. The number of quaternary nitrogens is 1. The maximum absolute atomic E-state index is 13.1. The molecule has 2 fully saturated rings. The summed E-state index contributed by atoms with van der Waals surface area (Å²) >= 11 is 0. The maximum atomic E-state index is 13.1. The number of hydrogen-bond donors (Lipinski definition) is 2. The van der Waals surface area contributed by atoms with E-state index in [-0.39, 0.29) is 24.3 Å². The lowest BCUT2D eigenvalue weighted by Gasteiger charge is -2.31. The zero-order chi connectivity index (χ0) is 20.7. The van der Waals surface area contributed by atoms with Crippen LogP contribution in [0, 0.1) is 0 Å². The number of carbonyl (C=O) groups is 2. The Hall–Kier alpha value is -3.19. The van der Waals surface area contributed by atoms with E-state index in [1.54, 1.807) is 31.4 Å². The molecule has 0 bridgehead atoms. The molecule has 1 aromatic heterocycles. The highest BCUT2D eigenvalue weighted by atomic mass is 16.5. The fraction of sp³-hybridized carbons (Fsp3) is 0.348. The van der Waals surface area contributed by atoms with Crippen molar-refractivity contribution >= 4 is 28.5 Å². The molecule has 5 rings (SSSR count). The Morgan fingerprint density at radius 1 is 1.10 bits per heavy atom. The number of aromatic nitrogens is 2. The number of benzene rings is 2. The molecular weight excluding hydrogens is 380 g/mol. The number of imidazole rings is 1. The number of H-pyrrole nitrogens is 1. The number of nitrogens with one attached hydrogen (secondary N) is 2. The molecule has 3 heterocycles. The summed E-state index contributed by atoms with van der Waals surface area (Å²) in [6, 6.07) is 14.9. The number of para-hydroxylation sites is 2. The molecule has 2 saturated heterocycles. The summed E-state index contributed by atoms with van der Waals surface area (Å²) in [6.07, 6.45) is 2.17. The quantitative estimate of drug-likeness (QED) is 0.647. The predicted octanol–water partition coefficient (Wildman–Crippen LogP) is 1.67. The minimum absolute atomic E-state index is 0.106. The number of ether oxygens (including phenoxy) is 1. The van der Waals surface area contributed by atoms with Crippen LogP contribution in [0.1, 0.15) is 31.0 Å². The monoisotopic (exact) mass is 405 g/mol. The minimum atomic E-state index is -0.305. The van der Waals surface area contributed by atoms with Crippen LogP contribution in [0.2, 0.25) is 0 Å². The van der Waals surface area contributed by atoms with Crippen LogP contribution in [-0.2, 0) is 9.59 Å². The van der Waals surface area contributed by atoms with Crippen LogP contribution in [0.4, 0.5) is 5.69 Å². The third kappa shape index (κ3) is 3.25. The highest BCUT2D eigenvalue weighted by Gasteiger charge is 2.46. The Labute approximate surface area is 174 Å². The number of methoxy groups -OCH3 is 1. The van der Waals surface area contributed by atoms with E-state index in [0.717, 1.165) is 42.8 Å². The lowest BCUT2D eigenvalue weighted by molar-refractivity contribution is -0.920. The van der Waals surface area contributed by atoms with Gasteiger partial charge in [-0.15, -0.1) is 0 Å². The lowest BCUT2D eigenvalue weighted by Crippen LogP contribution is -3.17. The molecule has 0 saturated carbocycles. The van der Waals surface area contributed by atoms with Crippen molar-refractivity contribution < 1.29 is 19.2 Å². The van der Waals surface area contributed by atoms with Crippen LogP contribution >= 0.6 is 0 Å². The minimum Gasteiger partial charge on any atom is -0.497 e. The molecule has 0 aliphatic carbocycles. The van der Waals surface area contributed by atoms with Gasteiger partial charge >= 0.3 is 0 Å². The number of rotatable bonds is 4. The number of hydrogen-bond acceptors (Lipinski definition) is 4. The topological polar surface area (TPSA) is 79.7 Å². The number of amides is 2. The number of piperidine rings is 1. The Bertz CT molecular complexity index is 1070. The number of carbonyl (C=O) groups excluding carboxylic acids is 2. The third-order valence-corrected chi connectivity index (χ3v) is 6.37. The molecule has 2 N–H and O–H groups in total. The van der Waals surface area contributed by atoms with E-state index in [2.05, 4.69) is 4.98 Å². The van der Waals surface area contributed by atoms with Gasteiger partial charge in [0.25, 0.3) is 5.91 Å². The molecule has 2 aromatic carbocycles. The number of imide groups is 1. The van der Waals surface area contributed by atoms with Gasteiger partial charge in [0.1, 0.15) is 11.6 Å². The van der Waals surface area contributed by atoms with Gasteiger partial charge < -0.3 is 14.6 Å². The van der Waals surface area contributed by atoms with E-state index in [1.807, 2.05) is 24.3 Å². The van der Waals surface area contributed by atoms with Gasteiger partial charge in [-0.1, -0.05) is 18.2 Å². The molecule has 0 spiro atoms. The second-order valence-corrected chi connectivity index (χ2v) is 8.10. The number of anilines is 1. The second kappa shape index (κ2) is 7.57. The van der Waals surface area contributed by atoms with Crippen molar-refractivity contribution in [2.45, 2.75) is 31.2 Å². The van der Waals surface area contributed by atoms with Gasteiger partial charge in [-0.2, -0.15) is 0 Å². The van der Waals surface area contributed by atoms with Crippen molar-refractivity contribution in [2.75, 3.05) is 25.1 Å². The van der Waals surface area contributed by atoms with Gasteiger partial charge in [-0.05, 0) is 24.3 Å². The third-order valence-electron chi connectivity index (χ3n) is 6.37. The van der Waals surface area contributed by atoms with E-state index in [0.29, 0.717) is 17.4 Å². The molecular formula is C23H25N4O3+. The van der Waals surface area contributed by atoms with Gasteiger partial charge in [0, 0.05) is 24.8 Å². The Morgan fingerprint density at radius 2 is 1.90 bits per heavy atom. The molecule has 2 aliphatic heterocycles. The van der Waals surface area contributed by atoms with Crippen LogP contribution in [0.25, 0.3) is 11.0 Å². The first-order valence-electron chi connectivity index (χ1n) is 10.4. The Morgan fingerprint density at radius 3 is 2.67 bits per heavy atom. The predicted molar refractivity (Wildman–Crippen MR) is 113 cm³/mol. The standard InChI is InChI=1S/C23H24N4O3/c1-30-17-6-4-5-16(13-17)27-21(28)14-20(23(27)29)26-11-9-15(10-12-26)22-24-18-7-2-3-8-19(18)25-22/h2-8,13,15,20H,9-12,14H2,1H3,(H,24,25)/p+1/t20-/m1/s1. The number of aromatic amines is 1. The van der Waals surface area contributed by atoms with Crippen LogP contribution in [0.5, 0.6) is 5.75 Å². The summed E-state index contributed by atoms with van der Waals surface area (Å²) in [5.41, 5.74) is 2.64. The fourth-order valence-electron chi connectivity index (χ4n) is 4.75. The van der Waals surface area contributed by atoms with Crippen molar-refractivity contribution in [3.8, 4) is 5.75 Å². The zero-order valence-electron chi connectivity index (χ0n) is 16.9. The van der Waals surface area contributed by atoms with Gasteiger partial charge in [0.2, 0.25) is 5.91 Å². The first-order chi connectivity index (χ1) is 14.6.